The average molecular weight is 338 g/mol. The smallest absolute Gasteiger partial charge is 0.383 e. The fourth-order valence-electron chi connectivity index (χ4n) is 2.61. The maximum absolute atomic E-state index is 12.9. The zero-order valence-corrected chi connectivity index (χ0v) is 12.5. The molecule has 0 aromatic heterocycles. The number of nitrogens with one attached hydrogen (secondary N) is 1. The number of benzene rings is 1. The molecular weight excluding hydrogens is 323 g/mol. The van der Waals surface area contributed by atoms with Gasteiger partial charge < -0.3 is 10.2 Å². The molecule has 0 radical (unpaired) electrons. The predicted molar refractivity (Wildman–Crippen MR) is 78.6 cm³/mol. The Morgan fingerprint density at radius 2 is 2.14 bits per heavy atom. The molecule has 1 aliphatic rings. The molecular formula is C13H15ClF3N3O2. The lowest BCUT2D eigenvalue weighted by Crippen LogP contribution is -2.41. The number of nitrogens with zero attached hydrogens (tertiary/aromatic N) is 2. The lowest BCUT2D eigenvalue weighted by atomic mass is 9.97. The van der Waals surface area contributed by atoms with Gasteiger partial charge in [0, 0.05) is 26.2 Å². The van der Waals surface area contributed by atoms with Crippen LogP contribution in [0.2, 0.25) is 5.02 Å². The molecule has 0 saturated carbocycles. The lowest BCUT2D eigenvalue weighted by Gasteiger charge is -2.35. The third-order valence-corrected chi connectivity index (χ3v) is 4.06. The number of hydrogen-bond acceptors (Lipinski definition) is 4. The molecule has 0 amide bonds. The van der Waals surface area contributed by atoms with Gasteiger partial charge in [0.15, 0.2) is 0 Å². The van der Waals surface area contributed by atoms with Crippen molar-refractivity contribution >= 4 is 28.7 Å². The molecule has 1 atom stereocenters. The molecule has 0 spiro atoms. The largest absolute Gasteiger partial charge is 0.393 e. The highest BCUT2D eigenvalue weighted by Gasteiger charge is 2.42. The molecule has 22 heavy (non-hydrogen) atoms. The van der Waals surface area contributed by atoms with Crippen molar-refractivity contribution in [3.63, 3.8) is 0 Å². The van der Waals surface area contributed by atoms with Crippen LogP contribution in [0.1, 0.15) is 12.8 Å². The molecule has 9 heteroatoms. The fourth-order valence-corrected chi connectivity index (χ4v) is 2.89. The van der Waals surface area contributed by atoms with Crippen LogP contribution in [0.25, 0.3) is 0 Å². The second-order valence-electron chi connectivity index (χ2n) is 5.15. The number of rotatable bonds is 3. The van der Waals surface area contributed by atoms with Crippen LogP contribution in [0, 0.1) is 16.0 Å². The molecule has 0 aliphatic carbocycles. The number of nitro benzene ring substituents is 1. The van der Waals surface area contributed by atoms with Crippen molar-refractivity contribution in [1.82, 2.24) is 0 Å². The molecule has 1 aromatic carbocycles. The summed E-state index contributed by atoms with van der Waals surface area (Å²) in [4.78, 5) is 11.9. The van der Waals surface area contributed by atoms with E-state index in [1.807, 2.05) is 0 Å². The monoisotopic (exact) mass is 337 g/mol. The van der Waals surface area contributed by atoms with Crippen molar-refractivity contribution in [3.05, 3.63) is 27.3 Å². The van der Waals surface area contributed by atoms with Crippen molar-refractivity contribution < 1.29 is 18.1 Å². The minimum atomic E-state index is -4.25. The van der Waals surface area contributed by atoms with Gasteiger partial charge >= 0.3 is 6.18 Å². The summed E-state index contributed by atoms with van der Waals surface area (Å²) in [6, 6.07) is 2.60. The highest BCUT2D eigenvalue weighted by Crippen LogP contribution is 2.40. The van der Waals surface area contributed by atoms with Crippen molar-refractivity contribution in [2.24, 2.45) is 5.92 Å². The highest BCUT2D eigenvalue weighted by atomic mass is 35.5. The van der Waals surface area contributed by atoms with Crippen LogP contribution in [0.15, 0.2) is 12.1 Å². The summed E-state index contributed by atoms with van der Waals surface area (Å²) < 4.78 is 38.7. The van der Waals surface area contributed by atoms with Gasteiger partial charge in [0.05, 0.1) is 21.6 Å². The van der Waals surface area contributed by atoms with E-state index in [1.165, 1.54) is 24.1 Å². The molecule has 1 N–H and O–H groups in total. The van der Waals surface area contributed by atoms with Gasteiger partial charge in [0.25, 0.3) is 5.69 Å². The minimum absolute atomic E-state index is 0.0773. The van der Waals surface area contributed by atoms with Gasteiger partial charge in [-0.1, -0.05) is 11.6 Å². The number of anilines is 2. The normalized spacial score (nSPS) is 19.1. The summed E-state index contributed by atoms with van der Waals surface area (Å²) >= 11 is 6.04. The van der Waals surface area contributed by atoms with Crippen molar-refractivity contribution in [3.8, 4) is 0 Å². The van der Waals surface area contributed by atoms with E-state index < -0.39 is 17.0 Å². The first kappa shape index (κ1) is 16.7. The zero-order valence-electron chi connectivity index (χ0n) is 11.8. The second-order valence-corrected chi connectivity index (χ2v) is 5.56. The van der Waals surface area contributed by atoms with Crippen molar-refractivity contribution in [2.75, 3.05) is 30.4 Å². The second kappa shape index (κ2) is 6.20. The molecule has 2 rings (SSSR count). The van der Waals surface area contributed by atoms with Gasteiger partial charge in [-0.25, -0.2) is 0 Å². The standard InChI is InChI=1S/C13H15ClF3N3O2/c1-18-10-6-11(9(14)5-12(10)20(21)22)19-4-2-3-8(7-19)13(15,16)17/h5-6,8,18H,2-4,7H2,1H3/t8-/m0/s1. The van der Waals surface area contributed by atoms with Crippen molar-refractivity contribution in [1.29, 1.82) is 0 Å². The molecule has 5 nitrogen and oxygen atoms in total. The molecule has 1 aromatic rings. The summed E-state index contributed by atoms with van der Waals surface area (Å²) in [5.74, 6) is -1.41. The summed E-state index contributed by atoms with van der Waals surface area (Å²) in [5.41, 5.74) is 0.393. The van der Waals surface area contributed by atoms with E-state index in [4.69, 9.17) is 11.6 Å². The van der Waals surface area contributed by atoms with Crippen molar-refractivity contribution in [2.45, 2.75) is 19.0 Å². The van der Waals surface area contributed by atoms with E-state index in [-0.39, 0.29) is 29.4 Å². The Kier molecular flexibility index (Phi) is 4.69. The van der Waals surface area contributed by atoms with E-state index in [1.54, 1.807) is 0 Å². The molecule has 0 unspecified atom stereocenters. The van der Waals surface area contributed by atoms with Gasteiger partial charge in [0.2, 0.25) is 0 Å². The summed E-state index contributed by atoms with van der Waals surface area (Å²) in [7, 11) is 1.51. The van der Waals surface area contributed by atoms with Crippen LogP contribution in [-0.2, 0) is 0 Å². The summed E-state index contributed by atoms with van der Waals surface area (Å²) in [6.07, 6.45) is -3.77. The Morgan fingerprint density at radius 3 is 2.68 bits per heavy atom. The molecule has 1 heterocycles. The molecule has 0 bridgehead atoms. The molecule has 1 aliphatic heterocycles. The summed E-state index contributed by atoms with van der Waals surface area (Å²) in [5, 5.41) is 13.7. The van der Waals surface area contributed by atoms with Crippen LogP contribution in [0.4, 0.5) is 30.2 Å². The molecule has 1 fully saturated rings. The first-order valence-electron chi connectivity index (χ1n) is 6.71. The van der Waals surface area contributed by atoms with Crippen LogP contribution in [0.3, 0.4) is 0 Å². The van der Waals surface area contributed by atoms with E-state index in [0.29, 0.717) is 18.7 Å². The highest BCUT2D eigenvalue weighted by molar-refractivity contribution is 6.33. The fraction of sp³-hybridized carbons (Fsp3) is 0.538. The van der Waals surface area contributed by atoms with E-state index in [0.717, 1.165) is 0 Å². The number of alkyl halides is 3. The van der Waals surface area contributed by atoms with Gasteiger partial charge in [-0.05, 0) is 18.9 Å². The van der Waals surface area contributed by atoms with E-state index >= 15 is 0 Å². The van der Waals surface area contributed by atoms with Gasteiger partial charge in [-0.3, -0.25) is 10.1 Å². The first-order valence-corrected chi connectivity index (χ1v) is 7.09. The van der Waals surface area contributed by atoms with Gasteiger partial charge in [0.1, 0.15) is 5.69 Å². The van der Waals surface area contributed by atoms with Crippen LogP contribution in [-0.4, -0.2) is 31.2 Å². The molecule has 122 valence electrons. The Bertz CT molecular complexity index is 580. The third kappa shape index (κ3) is 3.37. The van der Waals surface area contributed by atoms with Gasteiger partial charge in [-0.15, -0.1) is 0 Å². The Morgan fingerprint density at radius 1 is 1.45 bits per heavy atom. The SMILES string of the molecule is CNc1cc(N2CCC[C@H](C(F)(F)F)C2)c(Cl)cc1[N+](=O)[O-]. The number of piperidine rings is 1. The van der Waals surface area contributed by atoms with Crippen LogP contribution >= 0.6 is 11.6 Å². The van der Waals surface area contributed by atoms with Crippen LogP contribution < -0.4 is 10.2 Å². The van der Waals surface area contributed by atoms with E-state index in [2.05, 4.69) is 5.32 Å². The van der Waals surface area contributed by atoms with Crippen LogP contribution in [0.5, 0.6) is 0 Å². The minimum Gasteiger partial charge on any atom is -0.383 e. The zero-order chi connectivity index (χ0) is 16.5. The maximum atomic E-state index is 12.9. The molecule has 1 saturated heterocycles. The number of nitro groups is 1. The Labute approximate surface area is 130 Å². The Hall–Kier alpha value is -1.70. The summed E-state index contributed by atoms with van der Waals surface area (Å²) in [6.45, 7) is 0.247. The quantitative estimate of drug-likeness (QED) is 0.667. The lowest BCUT2D eigenvalue weighted by molar-refractivity contribution is -0.383. The first-order chi connectivity index (χ1) is 10.2. The maximum Gasteiger partial charge on any atom is 0.393 e. The van der Waals surface area contributed by atoms with Gasteiger partial charge in [-0.2, -0.15) is 13.2 Å². The number of hydrogen-bond donors (Lipinski definition) is 1. The Balaban J connectivity index is 2.34. The average Bonchev–Trinajstić information content (AvgIpc) is 2.46. The van der Waals surface area contributed by atoms with E-state index in [9.17, 15) is 23.3 Å². The topological polar surface area (TPSA) is 58.4 Å². The number of halogens is 4. The third-order valence-electron chi connectivity index (χ3n) is 3.76. The predicted octanol–water partition coefficient (Wildman–Crippen LogP) is 4.07.